The van der Waals surface area contributed by atoms with Gasteiger partial charge in [-0.3, -0.25) is 14.3 Å². The zero-order valence-electron chi connectivity index (χ0n) is 15.1. The van der Waals surface area contributed by atoms with Crippen LogP contribution in [-0.4, -0.2) is 33.7 Å². The third kappa shape index (κ3) is 3.77. The lowest BCUT2D eigenvalue weighted by atomic mass is 10.2. The average molecular weight is 346 g/mol. The number of hydrogen-bond acceptors (Lipinski definition) is 5. The summed E-state index contributed by atoms with van der Waals surface area (Å²) in [7, 11) is 3.16. The molecule has 25 heavy (non-hydrogen) atoms. The molecule has 0 aromatic carbocycles. The first kappa shape index (κ1) is 17.7. The Morgan fingerprint density at radius 2 is 1.92 bits per heavy atom. The van der Waals surface area contributed by atoms with Crippen LogP contribution in [0.5, 0.6) is 0 Å². The van der Waals surface area contributed by atoms with Gasteiger partial charge in [0.2, 0.25) is 0 Å². The zero-order valence-corrected chi connectivity index (χ0v) is 15.1. The van der Waals surface area contributed by atoms with Crippen LogP contribution in [-0.2, 0) is 20.6 Å². The lowest BCUT2D eigenvalue weighted by Gasteiger charge is -2.26. The SMILES string of the molecule is Cc1ccc(C(CNCc2cn(C)c(=O)n(C)c2=O)N2CCCC2)o1. The van der Waals surface area contributed by atoms with Crippen molar-refractivity contribution < 1.29 is 4.42 Å². The molecule has 2 aromatic rings. The van der Waals surface area contributed by atoms with Gasteiger partial charge in [0.25, 0.3) is 5.56 Å². The Bertz CT molecular complexity index is 843. The number of likely N-dealkylation sites (tertiary alicyclic amines) is 1. The van der Waals surface area contributed by atoms with E-state index in [4.69, 9.17) is 4.42 Å². The summed E-state index contributed by atoms with van der Waals surface area (Å²) in [5, 5.41) is 3.37. The van der Waals surface area contributed by atoms with E-state index >= 15 is 0 Å². The molecule has 0 saturated carbocycles. The lowest BCUT2D eigenvalue weighted by molar-refractivity contribution is 0.207. The summed E-state index contributed by atoms with van der Waals surface area (Å²) in [5.41, 5.74) is 0.0253. The maximum atomic E-state index is 12.2. The molecule has 1 N–H and O–H groups in total. The van der Waals surface area contributed by atoms with Crippen molar-refractivity contribution in [1.82, 2.24) is 19.4 Å². The molecule has 1 unspecified atom stereocenters. The van der Waals surface area contributed by atoms with Crippen molar-refractivity contribution in [2.75, 3.05) is 19.6 Å². The number of hydrogen-bond donors (Lipinski definition) is 1. The summed E-state index contributed by atoms with van der Waals surface area (Å²) in [5.74, 6) is 1.87. The van der Waals surface area contributed by atoms with Gasteiger partial charge in [-0.15, -0.1) is 0 Å². The first-order valence-electron chi connectivity index (χ1n) is 8.74. The highest BCUT2D eigenvalue weighted by atomic mass is 16.3. The molecular weight excluding hydrogens is 320 g/mol. The maximum Gasteiger partial charge on any atom is 0.330 e. The molecule has 1 atom stereocenters. The lowest BCUT2D eigenvalue weighted by Crippen LogP contribution is -2.40. The predicted molar refractivity (Wildman–Crippen MR) is 95.6 cm³/mol. The second kappa shape index (κ2) is 7.41. The Labute approximate surface area is 146 Å². The van der Waals surface area contributed by atoms with Crippen LogP contribution in [0.25, 0.3) is 0 Å². The fourth-order valence-electron chi connectivity index (χ4n) is 3.44. The third-order valence-electron chi connectivity index (χ3n) is 4.84. The number of furan rings is 1. The summed E-state index contributed by atoms with van der Waals surface area (Å²) in [4.78, 5) is 26.4. The predicted octanol–water partition coefficient (Wildman–Crippen LogP) is 0.912. The fraction of sp³-hybridized carbons (Fsp3) is 0.556. The highest BCUT2D eigenvalue weighted by Gasteiger charge is 2.25. The molecule has 1 aliphatic rings. The van der Waals surface area contributed by atoms with E-state index in [0.29, 0.717) is 18.7 Å². The highest BCUT2D eigenvalue weighted by molar-refractivity contribution is 5.11. The molecule has 2 aromatic heterocycles. The molecule has 1 aliphatic heterocycles. The normalized spacial score (nSPS) is 16.4. The third-order valence-corrected chi connectivity index (χ3v) is 4.84. The van der Waals surface area contributed by atoms with Crippen molar-refractivity contribution in [3.05, 3.63) is 56.3 Å². The van der Waals surface area contributed by atoms with Gasteiger partial charge in [0.15, 0.2) is 0 Å². The number of nitrogens with one attached hydrogen (secondary N) is 1. The second-order valence-corrected chi connectivity index (χ2v) is 6.75. The molecule has 7 heteroatoms. The number of rotatable bonds is 6. The van der Waals surface area contributed by atoms with Crippen LogP contribution in [0.15, 0.2) is 32.3 Å². The first-order valence-corrected chi connectivity index (χ1v) is 8.74. The van der Waals surface area contributed by atoms with Gasteiger partial charge < -0.3 is 14.3 Å². The van der Waals surface area contributed by atoms with E-state index in [2.05, 4.69) is 10.2 Å². The van der Waals surface area contributed by atoms with Crippen molar-refractivity contribution in [2.24, 2.45) is 14.1 Å². The summed E-state index contributed by atoms with van der Waals surface area (Å²) >= 11 is 0. The molecule has 3 heterocycles. The maximum absolute atomic E-state index is 12.2. The van der Waals surface area contributed by atoms with Crippen molar-refractivity contribution in [1.29, 1.82) is 0 Å². The standard InChI is InChI=1S/C18H26N4O3/c1-13-6-7-16(25-13)15(22-8-4-5-9-22)11-19-10-14-12-20(2)18(24)21(3)17(14)23/h6-7,12,15,19H,4-5,8-11H2,1-3H3. The Morgan fingerprint density at radius 1 is 1.20 bits per heavy atom. The highest BCUT2D eigenvalue weighted by Crippen LogP contribution is 2.26. The Hall–Kier alpha value is -2.12. The van der Waals surface area contributed by atoms with Gasteiger partial charge in [0, 0.05) is 38.9 Å². The molecule has 0 spiro atoms. The van der Waals surface area contributed by atoms with E-state index in [9.17, 15) is 9.59 Å². The molecule has 0 bridgehead atoms. The van der Waals surface area contributed by atoms with Crippen LogP contribution >= 0.6 is 0 Å². The topological polar surface area (TPSA) is 72.4 Å². The van der Waals surface area contributed by atoms with Gasteiger partial charge >= 0.3 is 5.69 Å². The van der Waals surface area contributed by atoms with Crippen LogP contribution < -0.4 is 16.6 Å². The van der Waals surface area contributed by atoms with Gasteiger partial charge in [0.05, 0.1) is 6.04 Å². The van der Waals surface area contributed by atoms with Gasteiger partial charge in [-0.25, -0.2) is 4.79 Å². The fourth-order valence-corrected chi connectivity index (χ4v) is 3.44. The molecule has 0 aliphatic carbocycles. The average Bonchev–Trinajstić information content (AvgIpc) is 3.26. The van der Waals surface area contributed by atoms with E-state index in [1.54, 1.807) is 13.2 Å². The number of nitrogens with zero attached hydrogens (tertiary/aromatic N) is 3. The van der Waals surface area contributed by atoms with Gasteiger partial charge in [-0.05, 0) is 45.0 Å². The smallest absolute Gasteiger partial charge is 0.330 e. The minimum Gasteiger partial charge on any atom is -0.465 e. The Morgan fingerprint density at radius 3 is 2.56 bits per heavy atom. The second-order valence-electron chi connectivity index (χ2n) is 6.75. The summed E-state index contributed by atoms with van der Waals surface area (Å²) < 4.78 is 8.43. The van der Waals surface area contributed by atoms with Crippen molar-refractivity contribution in [3.63, 3.8) is 0 Å². The van der Waals surface area contributed by atoms with E-state index in [0.717, 1.165) is 29.2 Å². The molecule has 1 fully saturated rings. The molecule has 0 amide bonds. The van der Waals surface area contributed by atoms with E-state index in [-0.39, 0.29) is 17.3 Å². The Balaban J connectivity index is 1.72. The first-order chi connectivity index (χ1) is 12.0. The van der Waals surface area contributed by atoms with Crippen molar-refractivity contribution in [3.8, 4) is 0 Å². The molecule has 136 valence electrons. The number of aryl methyl sites for hydroxylation is 2. The largest absolute Gasteiger partial charge is 0.465 e. The van der Waals surface area contributed by atoms with Crippen LogP contribution in [0.2, 0.25) is 0 Å². The summed E-state index contributed by atoms with van der Waals surface area (Å²) in [6.07, 6.45) is 4.02. The van der Waals surface area contributed by atoms with Gasteiger partial charge in [0.1, 0.15) is 11.5 Å². The van der Waals surface area contributed by atoms with Crippen LogP contribution in [0, 0.1) is 6.92 Å². The summed E-state index contributed by atoms with van der Waals surface area (Å²) in [6, 6.07) is 4.18. The van der Waals surface area contributed by atoms with Crippen LogP contribution in [0.4, 0.5) is 0 Å². The van der Waals surface area contributed by atoms with Crippen LogP contribution in [0.3, 0.4) is 0 Å². The summed E-state index contributed by atoms with van der Waals surface area (Å²) in [6.45, 7) is 5.19. The minimum absolute atomic E-state index is 0.160. The minimum atomic E-state index is -0.310. The molecular formula is C18H26N4O3. The monoisotopic (exact) mass is 346 g/mol. The van der Waals surface area contributed by atoms with E-state index < -0.39 is 0 Å². The van der Waals surface area contributed by atoms with Crippen molar-refractivity contribution >= 4 is 0 Å². The molecule has 7 nitrogen and oxygen atoms in total. The number of aromatic nitrogens is 2. The van der Waals surface area contributed by atoms with Crippen LogP contribution in [0.1, 0.15) is 36.0 Å². The Kier molecular flexibility index (Phi) is 5.24. The molecule has 1 saturated heterocycles. The quantitative estimate of drug-likeness (QED) is 0.842. The van der Waals surface area contributed by atoms with Gasteiger partial charge in [-0.1, -0.05) is 0 Å². The molecule has 3 rings (SSSR count). The van der Waals surface area contributed by atoms with E-state index in [1.807, 2.05) is 19.1 Å². The molecule has 0 radical (unpaired) electrons. The van der Waals surface area contributed by atoms with Crippen molar-refractivity contribution in [2.45, 2.75) is 32.4 Å². The van der Waals surface area contributed by atoms with Gasteiger partial charge in [-0.2, -0.15) is 0 Å². The van der Waals surface area contributed by atoms with E-state index in [1.165, 1.54) is 24.5 Å². The zero-order chi connectivity index (χ0) is 18.0.